The normalized spacial score (nSPS) is 12.6. The van der Waals surface area contributed by atoms with Crippen LogP contribution >= 0.6 is 0 Å². The number of benzene rings is 1. The van der Waals surface area contributed by atoms with Crippen molar-refractivity contribution in [3.05, 3.63) is 52.6 Å². The van der Waals surface area contributed by atoms with Crippen LogP contribution in [-0.4, -0.2) is 16.3 Å². The minimum absolute atomic E-state index is 0.176. The standard InChI is InChI=1S/C17H24FN3/c1-5-15-11-17(21(4)20-15)16(19-6-2)10-13-7-8-14(18)9-12(13)3/h7-9,11,16,19H,5-6,10H2,1-4H3. The molecule has 0 saturated carbocycles. The fourth-order valence-corrected chi connectivity index (χ4v) is 2.68. The summed E-state index contributed by atoms with van der Waals surface area (Å²) < 4.78 is 15.2. The first-order valence-corrected chi connectivity index (χ1v) is 7.56. The Balaban J connectivity index is 2.28. The van der Waals surface area contributed by atoms with Crippen molar-refractivity contribution in [2.75, 3.05) is 6.54 Å². The Bertz CT molecular complexity index is 604. The van der Waals surface area contributed by atoms with Crippen LogP contribution in [0, 0.1) is 12.7 Å². The Morgan fingerprint density at radius 2 is 2.05 bits per heavy atom. The van der Waals surface area contributed by atoms with Gasteiger partial charge in [-0.15, -0.1) is 0 Å². The van der Waals surface area contributed by atoms with Crippen LogP contribution in [0.15, 0.2) is 24.3 Å². The van der Waals surface area contributed by atoms with Crippen molar-refractivity contribution < 1.29 is 4.39 Å². The van der Waals surface area contributed by atoms with Gasteiger partial charge in [0.15, 0.2) is 0 Å². The van der Waals surface area contributed by atoms with E-state index in [2.05, 4.69) is 30.3 Å². The SMILES string of the molecule is CCNC(Cc1ccc(F)cc1C)c1cc(CC)nn1C. The molecule has 1 heterocycles. The number of hydrogen-bond donors (Lipinski definition) is 1. The first-order chi connectivity index (χ1) is 10.0. The van der Waals surface area contributed by atoms with Crippen LogP contribution in [-0.2, 0) is 19.9 Å². The number of hydrogen-bond acceptors (Lipinski definition) is 2. The zero-order valence-corrected chi connectivity index (χ0v) is 13.3. The zero-order chi connectivity index (χ0) is 15.4. The molecule has 1 atom stereocenters. The summed E-state index contributed by atoms with van der Waals surface area (Å²) in [6.45, 7) is 7.06. The molecule has 0 amide bonds. The van der Waals surface area contributed by atoms with Gasteiger partial charge in [0.2, 0.25) is 0 Å². The van der Waals surface area contributed by atoms with Crippen LogP contribution in [0.4, 0.5) is 4.39 Å². The average Bonchev–Trinajstić information content (AvgIpc) is 2.82. The van der Waals surface area contributed by atoms with E-state index >= 15 is 0 Å². The maximum atomic E-state index is 13.2. The lowest BCUT2D eigenvalue weighted by Crippen LogP contribution is -2.25. The fourth-order valence-electron chi connectivity index (χ4n) is 2.68. The zero-order valence-electron chi connectivity index (χ0n) is 13.3. The highest BCUT2D eigenvalue weighted by molar-refractivity contribution is 5.29. The highest BCUT2D eigenvalue weighted by Crippen LogP contribution is 2.22. The molecule has 0 aliphatic carbocycles. The van der Waals surface area contributed by atoms with Crippen molar-refractivity contribution in [2.45, 2.75) is 39.7 Å². The Morgan fingerprint density at radius 1 is 1.29 bits per heavy atom. The molecule has 1 N–H and O–H groups in total. The lowest BCUT2D eigenvalue weighted by molar-refractivity contribution is 0.506. The van der Waals surface area contributed by atoms with E-state index in [0.717, 1.165) is 30.6 Å². The fraction of sp³-hybridized carbons (Fsp3) is 0.471. The summed E-state index contributed by atoms with van der Waals surface area (Å²) in [5.41, 5.74) is 4.45. The summed E-state index contributed by atoms with van der Waals surface area (Å²) in [6, 6.07) is 7.36. The van der Waals surface area contributed by atoms with Gasteiger partial charge in [0.1, 0.15) is 5.82 Å². The second kappa shape index (κ2) is 6.85. The quantitative estimate of drug-likeness (QED) is 0.884. The van der Waals surface area contributed by atoms with Crippen molar-refractivity contribution in [2.24, 2.45) is 7.05 Å². The summed E-state index contributed by atoms with van der Waals surface area (Å²) in [7, 11) is 1.98. The van der Waals surface area contributed by atoms with Gasteiger partial charge in [-0.25, -0.2) is 4.39 Å². The minimum Gasteiger partial charge on any atom is -0.309 e. The smallest absolute Gasteiger partial charge is 0.123 e. The molecule has 0 aliphatic rings. The van der Waals surface area contributed by atoms with Crippen LogP contribution in [0.3, 0.4) is 0 Å². The van der Waals surface area contributed by atoms with Gasteiger partial charge in [0, 0.05) is 7.05 Å². The maximum absolute atomic E-state index is 13.2. The monoisotopic (exact) mass is 289 g/mol. The molecule has 0 saturated heterocycles. The molecular weight excluding hydrogens is 265 g/mol. The number of aromatic nitrogens is 2. The Hall–Kier alpha value is -1.68. The summed E-state index contributed by atoms with van der Waals surface area (Å²) in [5.74, 6) is -0.176. The molecular formula is C17H24FN3. The van der Waals surface area contributed by atoms with Gasteiger partial charge < -0.3 is 5.32 Å². The van der Waals surface area contributed by atoms with Crippen LogP contribution in [0.2, 0.25) is 0 Å². The topological polar surface area (TPSA) is 29.9 Å². The van der Waals surface area contributed by atoms with E-state index in [-0.39, 0.29) is 11.9 Å². The van der Waals surface area contributed by atoms with Crippen molar-refractivity contribution in [1.82, 2.24) is 15.1 Å². The average molecular weight is 289 g/mol. The Kier molecular flexibility index (Phi) is 5.12. The van der Waals surface area contributed by atoms with Crippen molar-refractivity contribution in [3.8, 4) is 0 Å². The predicted octanol–water partition coefficient (Wildman–Crippen LogP) is 3.32. The summed E-state index contributed by atoms with van der Waals surface area (Å²) in [5, 5.41) is 8.04. The van der Waals surface area contributed by atoms with Gasteiger partial charge >= 0.3 is 0 Å². The van der Waals surface area contributed by atoms with Crippen LogP contribution in [0.1, 0.15) is 42.4 Å². The summed E-state index contributed by atoms with van der Waals surface area (Å²) in [6.07, 6.45) is 1.77. The largest absolute Gasteiger partial charge is 0.309 e. The third-order valence-electron chi connectivity index (χ3n) is 3.87. The molecule has 4 heteroatoms. The molecule has 0 aliphatic heterocycles. The summed E-state index contributed by atoms with van der Waals surface area (Å²) >= 11 is 0. The molecule has 0 fully saturated rings. The highest BCUT2D eigenvalue weighted by atomic mass is 19.1. The predicted molar refractivity (Wildman–Crippen MR) is 83.8 cm³/mol. The van der Waals surface area contributed by atoms with Crippen LogP contribution < -0.4 is 5.32 Å². The number of nitrogens with one attached hydrogen (secondary N) is 1. The second-order valence-corrected chi connectivity index (χ2v) is 5.42. The van der Waals surface area contributed by atoms with E-state index in [1.165, 1.54) is 17.3 Å². The van der Waals surface area contributed by atoms with Gasteiger partial charge in [-0.05, 0) is 55.6 Å². The van der Waals surface area contributed by atoms with Gasteiger partial charge in [0.05, 0.1) is 17.4 Å². The Morgan fingerprint density at radius 3 is 2.62 bits per heavy atom. The number of likely N-dealkylation sites (N-methyl/N-ethyl adjacent to an activating group) is 1. The maximum Gasteiger partial charge on any atom is 0.123 e. The van der Waals surface area contributed by atoms with E-state index in [9.17, 15) is 4.39 Å². The van der Waals surface area contributed by atoms with Crippen molar-refractivity contribution in [1.29, 1.82) is 0 Å². The highest BCUT2D eigenvalue weighted by Gasteiger charge is 2.17. The van der Waals surface area contributed by atoms with E-state index < -0.39 is 0 Å². The molecule has 1 aromatic heterocycles. The van der Waals surface area contributed by atoms with Crippen molar-refractivity contribution >= 4 is 0 Å². The third-order valence-corrected chi connectivity index (χ3v) is 3.87. The first kappa shape index (κ1) is 15.7. The lowest BCUT2D eigenvalue weighted by Gasteiger charge is -2.19. The van der Waals surface area contributed by atoms with Gasteiger partial charge in [-0.3, -0.25) is 4.68 Å². The third kappa shape index (κ3) is 3.70. The van der Waals surface area contributed by atoms with E-state index in [0.29, 0.717) is 0 Å². The molecule has 2 aromatic rings. The molecule has 21 heavy (non-hydrogen) atoms. The van der Waals surface area contributed by atoms with E-state index in [4.69, 9.17) is 0 Å². The van der Waals surface area contributed by atoms with Gasteiger partial charge in [-0.2, -0.15) is 5.10 Å². The van der Waals surface area contributed by atoms with E-state index in [1.807, 2.05) is 24.7 Å². The lowest BCUT2D eigenvalue weighted by atomic mass is 9.98. The molecule has 0 bridgehead atoms. The summed E-state index contributed by atoms with van der Waals surface area (Å²) in [4.78, 5) is 0. The number of rotatable bonds is 6. The van der Waals surface area contributed by atoms with Crippen LogP contribution in [0.25, 0.3) is 0 Å². The Labute approximate surface area is 126 Å². The molecule has 114 valence electrons. The minimum atomic E-state index is -0.176. The van der Waals surface area contributed by atoms with Gasteiger partial charge in [-0.1, -0.05) is 19.9 Å². The first-order valence-electron chi connectivity index (χ1n) is 7.56. The number of nitrogens with zero attached hydrogens (tertiary/aromatic N) is 2. The second-order valence-electron chi connectivity index (χ2n) is 5.42. The molecule has 1 aromatic carbocycles. The molecule has 1 unspecified atom stereocenters. The molecule has 0 radical (unpaired) electrons. The van der Waals surface area contributed by atoms with Gasteiger partial charge in [0.25, 0.3) is 0 Å². The van der Waals surface area contributed by atoms with E-state index in [1.54, 1.807) is 6.07 Å². The molecule has 0 spiro atoms. The number of aryl methyl sites for hydroxylation is 3. The van der Waals surface area contributed by atoms with Crippen molar-refractivity contribution in [3.63, 3.8) is 0 Å². The van der Waals surface area contributed by atoms with Crippen LogP contribution in [0.5, 0.6) is 0 Å². The molecule has 3 nitrogen and oxygen atoms in total. The number of halogens is 1. The molecule has 2 rings (SSSR count).